The maximum absolute atomic E-state index is 11.1. The second kappa shape index (κ2) is 6.78. The number of rotatable bonds is 7. The SMILES string of the molecule is CCCC[C@H](Nc1cc(C)nc(OC)n1)C(=O)O. The second-order valence-electron chi connectivity index (χ2n) is 4.06. The Morgan fingerprint density at radius 3 is 2.83 bits per heavy atom. The van der Waals surface area contributed by atoms with E-state index in [2.05, 4.69) is 15.3 Å². The number of ether oxygens (including phenoxy) is 1. The molecule has 1 atom stereocenters. The molecule has 100 valence electrons. The molecule has 0 aromatic carbocycles. The van der Waals surface area contributed by atoms with E-state index in [1.807, 2.05) is 6.92 Å². The summed E-state index contributed by atoms with van der Waals surface area (Å²) in [7, 11) is 1.48. The minimum Gasteiger partial charge on any atom is -0.480 e. The van der Waals surface area contributed by atoms with Crippen LogP contribution in [-0.2, 0) is 4.79 Å². The third-order valence-electron chi connectivity index (χ3n) is 2.48. The summed E-state index contributed by atoms with van der Waals surface area (Å²) in [6.45, 7) is 3.83. The fraction of sp³-hybridized carbons (Fsp3) is 0.583. The van der Waals surface area contributed by atoms with E-state index in [1.54, 1.807) is 13.0 Å². The predicted octanol–water partition coefficient (Wildman–Crippen LogP) is 1.85. The number of hydrogen-bond donors (Lipinski definition) is 2. The maximum atomic E-state index is 11.1. The Balaban J connectivity index is 2.79. The molecule has 1 aromatic heterocycles. The van der Waals surface area contributed by atoms with E-state index in [0.717, 1.165) is 18.5 Å². The largest absolute Gasteiger partial charge is 0.480 e. The lowest BCUT2D eigenvalue weighted by atomic mass is 10.1. The predicted molar refractivity (Wildman–Crippen MR) is 67.9 cm³/mol. The average molecular weight is 253 g/mol. The van der Waals surface area contributed by atoms with Gasteiger partial charge in [0, 0.05) is 11.8 Å². The summed E-state index contributed by atoms with van der Waals surface area (Å²) in [5, 5.41) is 12.0. The van der Waals surface area contributed by atoms with Crippen LogP contribution in [0.2, 0.25) is 0 Å². The van der Waals surface area contributed by atoms with E-state index in [1.165, 1.54) is 7.11 Å². The summed E-state index contributed by atoms with van der Waals surface area (Å²) in [6, 6.07) is 1.30. The molecular weight excluding hydrogens is 234 g/mol. The normalized spacial score (nSPS) is 11.9. The first-order valence-electron chi connectivity index (χ1n) is 5.95. The van der Waals surface area contributed by atoms with Gasteiger partial charge in [-0.15, -0.1) is 0 Å². The molecule has 0 saturated heterocycles. The molecule has 2 N–H and O–H groups in total. The van der Waals surface area contributed by atoms with Crippen molar-refractivity contribution >= 4 is 11.8 Å². The number of anilines is 1. The molecule has 1 rings (SSSR count). The van der Waals surface area contributed by atoms with Gasteiger partial charge in [-0.1, -0.05) is 19.8 Å². The molecule has 0 unspecified atom stereocenters. The van der Waals surface area contributed by atoms with E-state index in [4.69, 9.17) is 9.84 Å². The number of aromatic nitrogens is 2. The van der Waals surface area contributed by atoms with Crippen LogP contribution in [0.4, 0.5) is 5.82 Å². The van der Waals surface area contributed by atoms with Gasteiger partial charge < -0.3 is 15.2 Å². The van der Waals surface area contributed by atoms with E-state index in [9.17, 15) is 4.79 Å². The van der Waals surface area contributed by atoms with Crippen LogP contribution < -0.4 is 10.1 Å². The van der Waals surface area contributed by atoms with Crippen molar-refractivity contribution in [1.29, 1.82) is 0 Å². The Morgan fingerprint density at radius 1 is 1.56 bits per heavy atom. The summed E-state index contributed by atoms with van der Waals surface area (Å²) in [4.78, 5) is 19.2. The number of carboxylic acid groups (broad SMARTS) is 1. The quantitative estimate of drug-likeness (QED) is 0.771. The zero-order valence-corrected chi connectivity index (χ0v) is 10.9. The zero-order valence-electron chi connectivity index (χ0n) is 10.9. The van der Waals surface area contributed by atoms with Crippen LogP contribution in [0, 0.1) is 6.92 Å². The van der Waals surface area contributed by atoms with Crippen molar-refractivity contribution in [1.82, 2.24) is 9.97 Å². The molecule has 6 heteroatoms. The first-order valence-corrected chi connectivity index (χ1v) is 5.95. The van der Waals surface area contributed by atoms with Gasteiger partial charge in [0.05, 0.1) is 7.11 Å². The summed E-state index contributed by atoms with van der Waals surface area (Å²) < 4.78 is 4.95. The average Bonchev–Trinajstić information content (AvgIpc) is 2.33. The molecule has 0 spiro atoms. The van der Waals surface area contributed by atoms with E-state index < -0.39 is 12.0 Å². The molecule has 18 heavy (non-hydrogen) atoms. The lowest BCUT2D eigenvalue weighted by molar-refractivity contribution is -0.138. The number of nitrogens with zero attached hydrogens (tertiary/aromatic N) is 2. The first-order chi connectivity index (χ1) is 8.56. The van der Waals surface area contributed by atoms with Crippen LogP contribution in [-0.4, -0.2) is 34.2 Å². The Labute approximate surface area is 106 Å². The van der Waals surface area contributed by atoms with Crippen LogP contribution in [0.1, 0.15) is 31.9 Å². The smallest absolute Gasteiger partial charge is 0.326 e. The lowest BCUT2D eigenvalue weighted by Crippen LogP contribution is -2.29. The van der Waals surface area contributed by atoms with Crippen molar-refractivity contribution in [2.45, 2.75) is 39.2 Å². The molecule has 0 aliphatic carbocycles. The van der Waals surface area contributed by atoms with Crippen molar-refractivity contribution in [3.05, 3.63) is 11.8 Å². The molecule has 0 bridgehead atoms. The van der Waals surface area contributed by atoms with Crippen molar-refractivity contribution in [3.63, 3.8) is 0 Å². The van der Waals surface area contributed by atoms with Crippen LogP contribution >= 0.6 is 0 Å². The van der Waals surface area contributed by atoms with Gasteiger partial charge in [-0.05, 0) is 13.3 Å². The molecular formula is C12H19N3O3. The van der Waals surface area contributed by atoms with Gasteiger partial charge >= 0.3 is 12.0 Å². The molecule has 0 aliphatic heterocycles. The number of methoxy groups -OCH3 is 1. The Hall–Kier alpha value is -1.85. The van der Waals surface area contributed by atoms with Gasteiger partial charge in [-0.3, -0.25) is 0 Å². The number of carboxylic acids is 1. The fourth-order valence-electron chi connectivity index (χ4n) is 1.55. The molecule has 0 amide bonds. The number of aliphatic carboxylic acids is 1. The number of nitrogens with one attached hydrogen (secondary N) is 1. The second-order valence-corrected chi connectivity index (χ2v) is 4.06. The van der Waals surface area contributed by atoms with E-state index in [-0.39, 0.29) is 6.01 Å². The molecule has 1 heterocycles. The highest BCUT2D eigenvalue weighted by atomic mass is 16.5. The highest BCUT2D eigenvalue weighted by Gasteiger charge is 2.17. The molecule has 6 nitrogen and oxygen atoms in total. The summed E-state index contributed by atoms with van der Waals surface area (Å²) in [5.41, 5.74) is 0.726. The fourth-order valence-corrected chi connectivity index (χ4v) is 1.55. The maximum Gasteiger partial charge on any atom is 0.326 e. The van der Waals surface area contributed by atoms with Crippen molar-refractivity contribution in [2.75, 3.05) is 12.4 Å². The summed E-state index contributed by atoms with van der Waals surface area (Å²) >= 11 is 0. The molecule has 0 aliphatic rings. The molecule has 0 fully saturated rings. The van der Waals surface area contributed by atoms with E-state index in [0.29, 0.717) is 12.2 Å². The summed E-state index contributed by atoms with van der Waals surface area (Å²) in [6.07, 6.45) is 2.37. The van der Waals surface area contributed by atoms with Gasteiger partial charge in [0.15, 0.2) is 0 Å². The number of hydrogen-bond acceptors (Lipinski definition) is 5. The number of aryl methyl sites for hydroxylation is 1. The molecule has 1 aromatic rings. The van der Waals surface area contributed by atoms with Crippen LogP contribution in [0.25, 0.3) is 0 Å². The third-order valence-corrected chi connectivity index (χ3v) is 2.48. The van der Waals surface area contributed by atoms with Crippen LogP contribution in [0.3, 0.4) is 0 Å². The monoisotopic (exact) mass is 253 g/mol. The van der Waals surface area contributed by atoms with Gasteiger partial charge in [0.25, 0.3) is 0 Å². The Kier molecular flexibility index (Phi) is 5.35. The van der Waals surface area contributed by atoms with Crippen LogP contribution in [0.5, 0.6) is 6.01 Å². The summed E-state index contributed by atoms with van der Waals surface area (Å²) in [5.74, 6) is -0.401. The van der Waals surface area contributed by atoms with Crippen molar-refractivity contribution in [2.24, 2.45) is 0 Å². The van der Waals surface area contributed by atoms with Crippen molar-refractivity contribution < 1.29 is 14.6 Å². The zero-order chi connectivity index (χ0) is 13.5. The minimum absolute atomic E-state index is 0.233. The number of carbonyl (C=O) groups is 1. The van der Waals surface area contributed by atoms with Gasteiger partial charge in [-0.25, -0.2) is 9.78 Å². The highest BCUT2D eigenvalue weighted by molar-refractivity contribution is 5.76. The molecule has 0 saturated carbocycles. The lowest BCUT2D eigenvalue weighted by Gasteiger charge is -2.15. The minimum atomic E-state index is -0.876. The standard InChI is InChI=1S/C12H19N3O3/c1-4-5-6-9(11(16)17)14-10-7-8(2)13-12(15-10)18-3/h7,9H,4-6H2,1-3H3,(H,16,17)(H,13,14,15)/t9-/m0/s1. The number of unbranched alkanes of at least 4 members (excludes halogenated alkanes) is 1. The van der Waals surface area contributed by atoms with E-state index >= 15 is 0 Å². The first kappa shape index (κ1) is 14.2. The van der Waals surface area contributed by atoms with Gasteiger partial charge in [-0.2, -0.15) is 4.98 Å². The van der Waals surface area contributed by atoms with Gasteiger partial charge in [0.1, 0.15) is 11.9 Å². The third kappa shape index (κ3) is 4.20. The Bertz CT molecular complexity index is 410. The molecule has 0 radical (unpaired) electrons. The Morgan fingerprint density at radius 2 is 2.28 bits per heavy atom. The topological polar surface area (TPSA) is 84.3 Å². The van der Waals surface area contributed by atoms with Crippen molar-refractivity contribution in [3.8, 4) is 6.01 Å². The van der Waals surface area contributed by atoms with Gasteiger partial charge in [0.2, 0.25) is 0 Å². The van der Waals surface area contributed by atoms with Crippen LogP contribution in [0.15, 0.2) is 6.07 Å². The highest BCUT2D eigenvalue weighted by Crippen LogP contribution is 2.14.